The van der Waals surface area contributed by atoms with Crippen LogP contribution in [0.15, 0.2) is 73.1 Å². The van der Waals surface area contributed by atoms with Gasteiger partial charge in [-0.15, -0.1) is 0 Å². The first-order chi connectivity index (χ1) is 14.5. The number of imidazole rings is 1. The van der Waals surface area contributed by atoms with E-state index in [0.717, 1.165) is 23.6 Å². The summed E-state index contributed by atoms with van der Waals surface area (Å²) in [5.74, 6) is -1.91. The summed E-state index contributed by atoms with van der Waals surface area (Å²) in [5, 5.41) is 3.07. The van der Waals surface area contributed by atoms with Crippen LogP contribution in [-0.4, -0.2) is 15.5 Å². The second kappa shape index (κ2) is 8.45. The molecule has 6 heteroatoms. The monoisotopic (exact) mass is 405 g/mol. The number of nitrogens with zero attached hydrogens (tertiary/aromatic N) is 2. The number of hydrogen-bond acceptors (Lipinski definition) is 2. The molecule has 0 saturated heterocycles. The number of rotatable bonds is 6. The molecule has 0 spiro atoms. The Morgan fingerprint density at radius 2 is 1.83 bits per heavy atom. The molecule has 30 heavy (non-hydrogen) atoms. The zero-order valence-electron chi connectivity index (χ0n) is 16.5. The molecule has 4 rings (SSSR count). The van der Waals surface area contributed by atoms with Crippen LogP contribution in [0.4, 0.5) is 8.78 Å². The van der Waals surface area contributed by atoms with E-state index in [9.17, 15) is 13.6 Å². The minimum Gasteiger partial charge on any atom is -0.345 e. The second-order valence-corrected chi connectivity index (χ2v) is 7.17. The van der Waals surface area contributed by atoms with E-state index in [0.29, 0.717) is 23.2 Å². The number of amides is 1. The Kier molecular flexibility index (Phi) is 5.57. The van der Waals surface area contributed by atoms with Crippen LogP contribution in [-0.2, 0) is 6.54 Å². The Bertz CT molecular complexity index is 1190. The predicted octanol–water partition coefficient (Wildman–Crippen LogP) is 5.24. The minimum atomic E-state index is -0.875. The molecule has 152 valence electrons. The average molecular weight is 405 g/mol. The summed E-state index contributed by atoms with van der Waals surface area (Å²) in [5.41, 5.74) is 3.69. The van der Waals surface area contributed by atoms with Gasteiger partial charge in [0.15, 0.2) is 11.6 Å². The summed E-state index contributed by atoms with van der Waals surface area (Å²) >= 11 is 0. The summed E-state index contributed by atoms with van der Waals surface area (Å²) in [4.78, 5) is 17.1. The normalized spacial score (nSPS) is 12.1. The molecule has 0 radical (unpaired) electrons. The molecular formula is C24H21F2N3O. The van der Waals surface area contributed by atoms with Gasteiger partial charge in [0.05, 0.1) is 23.4 Å². The van der Waals surface area contributed by atoms with Gasteiger partial charge in [-0.3, -0.25) is 4.79 Å². The minimum absolute atomic E-state index is 0.0691. The van der Waals surface area contributed by atoms with Crippen molar-refractivity contribution < 1.29 is 13.6 Å². The molecule has 0 aliphatic rings. The van der Waals surface area contributed by atoms with Crippen LogP contribution in [0.2, 0.25) is 0 Å². The maximum Gasteiger partial charge on any atom is 0.251 e. The highest BCUT2D eigenvalue weighted by molar-refractivity contribution is 5.97. The smallest absolute Gasteiger partial charge is 0.251 e. The molecule has 1 N–H and O–H groups in total. The molecule has 0 aliphatic carbocycles. The predicted molar refractivity (Wildman–Crippen MR) is 112 cm³/mol. The van der Waals surface area contributed by atoms with Crippen molar-refractivity contribution in [2.75, 3.05) is 0 Å². The van der Waals surface area contributed by atoms with Gasteiger partial charge in [-0.1, -0.05) is 43.3 Å². The number of nitrogens with one attached hydrogen (secondary N) is 1. The topological polar surface area (TPSA) is 46.9 Å². The quantitative estimate of drug-likeness (QED) is 0.477. The van der Waals surface area contributed by atoms with Gasteiger partial charge in [-0.25, -0.2) is 13.8 Å². The number of aromatic nitrogens is 2. The lowest BCUT2D eigenvalue weighted by Gasteiger charge is -2.17. The molecule has 1 aromatic heterocycles. The van der Waals surface area contributed by atoms with Crippen molar-refractivity contribution in [1.82, 2.24) is 14.9 Å². The van der Waals surface area contributed by atoms with E-state index in [4.69, 9.17) is 0 Å². The largest absolute Gasteiger partial charge is 0.345 e. The molecule has 4 nitrogen and oxygen atoms in total. The highest BCUT2D eigenvalue weighted by Gasteiger charge is 2.15. The first-order valence-corrected chi connectivity index (χ1v) is 9.79. The van der Waals surface area contributed by atoms with Crippen molar-refractivity contribution in [2.24, 2.45) is 0 Å². The molecule has 1 atom stereocenters. The number of benzene rings is 3. The number of halogens is 2. The third kappa shape index (κ3) is 4.08. The summed E-state index contributed by atoms with van der Waals surface area (Å²) in [6.07, 6.45) is 2.41. The van der Waals surface area contributed by atoms with Crippen molar-refractivity contribution >= 4 is 16.9 Å². The first-order valence-electron chi connectivity index (χ1n) is 9.79. The van der Waals surface area contributed by atoms with Crippen molar-refractivity contribution in [2.45, 2.75) is 25.9 Å². The number of fused-ring (bicyclic) bond motifs is 1. The van der Waals surface area contributed by atoms with E-state index in [1.165, 1.54) is 6.07 Å². The lowest BCUT2D eigenvalue weighted by atomic mass is 10.0. The lowest BCUT2D eigenvalue weighted by molar-refractivity contribution is 0.0935. The van der Waals surface area contributed by atoms with Crippen LogP contribution < -0.4 is 5.32 Å². The summed E-state index contributed by atoms with van der Waals surface area (Å²) in [7, 11) is 0. The van der Waals surface area contributed by atoms with E-state index in [1.54, 1.807) is 24.5 Å². The highest BCUT2D eigenvalue weighted by Crippen LogP contribution is 2.20. The molecule has 1 heterocycles. The Balaban J connectivity index is 1.54. The lowest BCUT2D eigenvalue weighted by Crippen LogP contribution is -2.28. The molecule has 1 unspecified atom stereocenters. The number of carbonyl (C=O) groups is 1. The van der Waals surface area contributed by atoms with Crippen molar-refractivity contribution in [3.05, 3.63) is 101 Å². The van der Waals surface area contributed by atoms with E-state index >= 15 is 0 Å². The molecule has 4 aromatic rings. The molecule has 0 aliphatic heterocycles. The zero-order valence-corrected chi connectivity index (χ0v) is 16.5. The van der Waals surface area contributed by atoms with Crippen LogP contribution in [0.5, 0.6) is 0 Å². The van der Waals surface area contributed by atoms with Gasteiger partial charge in [0.1, 0.15) is 0 Å². The second-order valence-electron chi connectivity index (χ2n) is 7.17. The summed E-state index contributed by atoms with van der Waals surface area (Å²) in [6.45, 7) is 2.38. The molecule has 1 amide bonds. The average Bonchev–Trinajstić information content (AvgIpc) is 3.17. The van der Waals surface area contributed by atoms with Gasteiger partial charge < -0.3 is 9.88 Å². The maximum absolute atomic E-state index is 13.5. The Labute approximate surface area is 173 Å². The molecular weight excluding hydrogens is 384 g/mol. The van der Waals surface area contributed by atoms with Gasteiger partial charge in [-0.05, 0) is 47.9 Å². The first kappa shape index (κ1) is 19.8. The van der Waals surface area contributed by atoms with Crippen molar-refractivity contribution in [3.63, 3.8) is 0 Å². The fourth-order valence-electron chi connectivity index (χ4n) is 3.51. The zero-order chi connectivity index (χ0) is 21.1. The van der Waals surface area contributed by atoms with Gasteiger partial charge in [-0.2, -0.15) is 0 Å². The number of carbonyl (C=O) groups excluding carboxylic acids is 1. The van der Waals surface area contributed by atoms with E-state index < -0.39 is 11.6 Å². The van der Waals surface area contributed by atoms with E-state index in [-0.39, 0.29) is 11.9 Å². The molecule has 3 aromatic carbocycles. The highest BCUT2D eigenvalue weighted by atomic mass is 19.2. The van der Waals surface area contributed by atoms with Crippen molar-refractivity contribution in [3.8, 4) is 0 Å². The molecule has 0 saturated carbocycles. The van der Waals surface area contributed by atoms with Gasteiger partial charge in [0.25, 0.3) is 5.91 Å². The summed E-state index contributed by atoms with van der Waals surface area (Å²) in [6, 6.07) is 18.9. The third-order valence-electron chi connectivity index (χ3n) is 5.14. The Morgan fingerprint density at radius 1 is 1.03 bits per heavy atom. The maximum atomic E-state index is 13.5. The standard InChI is InChI=1S/C24H21F2N3O/c1-2-21(17-6-4-3-5-7-17)28-24(30)18-9-11-23-22(13-18)27-15-29(23)14-16-8-10-19(25)20(26)12-16/h3-13,15,21H,2,14H2,1H3,(H,28,30). The van der Waals surface area contributed by atoms with Gasteiger partial charge >= 0.3 is 0 Å². The van der Waals surface area contributed by atoms with Crippen LogP contribution in [0.25, 0.3) is 11.0 Å². The van der Waals surface area contributed by atoms with Crippen LogP contribution in [0.3, 0.4) is 0 Å². The molecule has 0 bridgehead atoms. The SMILES string of the molecule is CCC(NC(=O)c1ccc2c(c1)ncn2Cc1ccc(F)c(F)c1)c1ccccc1. The van der Waals surface area contributed by atoms with Gasteiger partial charge in [0, 0.05) is 12.1 Å². The van der Waals surface area contributed by atoms with Crippen LogP contribution in [0.1, 0.15) is 40.9 Å². The molecule has 0 fully saturated rings. The Morgan fingerprint density at radius 3 is 2.57 bits per heavy atom. The van der Waals surface area contributed by atoms with Crippen molar-refractivity contribution in [1.29, 1.82) is 0 Å². The van der Waals surface area contributed by atoms with Crippen LogP contribution in [0, 0.1) is 11.6 Å². The van der Waals surface area contributed by atoms with Crippen LogP contribution >= 0.6 is 0 Å². The van der Waals surface area contributed by atoms with E-state index in [1.807, 2.05) is 47.9 Å². The fraction of sp³-hybridized carbons (Fsp3) is 0.167. The number of hydrogen-bond donors (Lipinski definition) is 1. The third-order valence-corrected chi connectivity index (χ3v) is 5.14. The van der Waals surface area contributed by atoms with Gasteiger partial charge in [0.2, 0.25) is 0 Å². The van der Waals surface area contributed by atoms with E-state index in [2.05, 4.69) is 10.3 Å². The summed E-state index contributed by atoms with van der Waals surface area (Å²) < 4.78 is 28.5. The fourth-order valence-corrected chi connectivity index (χ4v) is 3.51. The Hall–Kier alpha value is -3.54.